The van der Waals surface area contributed by atoms with Crippen molar-refractivity contribution in [1.29, 1.82) is 0 Å². The molecule has 94 valence electrons. The van der Waals surface area contributed by atoms with Gasteiger partial charge in [-0.3, -0.25) is 4.79 Å². The number of nitrogens with one attached hydrogen (secondary N) is 1. The molecule has 0 aliphatic heterocycles. The molecule has 0 saturated carbocycles. The summed E-state index contributed by atoms with van der Waals surface area (Å²) in [5.41, 5.74) is 0.624. The molecule has 1 N–H and O–H groups in total. The topological polar surface area (TPSA) is 29.1 Å². The molecule has 0 radical (unpaired) electrons. The molecular weight excluding hydrogens is 353 g/mol. The van der Waals surface area contributed by atoms with Crippen LogP contribution in [0.25, 0.3) is 0 Å². The van der Waals surface area contributed by atoms with Gasteiger partial charge < -0.3 is 5.32 Å². The zero-order valence-corrected chi connectivity index (χ0v) is 12.4. The first-order valence-corrected chi connectivity index (χ1v) is 7.40. The van der Waals surface area contributed by atoms with Gasteiger partial charge in [-0.25, -0.2) is 4.39 Å². The lowest BCUT2D eigenvalue weighted by atomic mass is 10.1. The van der Waals surface area contributed by atoms with Crippen LogP contribution in [0.3, 0.4) is 0 Å². The zero-order chi connectivity index (χ0) is 12.7. The number of halogens is 3. The third kappa shape index (κ3) is 5.17. The molecule has 1 rings (SSSR count). The molecule has 0 aliphatic carbocycles. The molecule has 0 spiro atoms. The minimum absolute atomic E-state index is 0.0548. The second-order valence-electron chi connectivity index (χ2n) is 3.58. The molecule has 1 unspecified atom stereocenters. The van der Waals surface area contributed by atoms with Crippen LogP contribution in [0.4, 0.5) is 4.39 Å². The standard InChI is InChI=1S/C12H14Br2FNO/c13-7-5-10(14)12(17)16-8-6-9-3-1-2-4-11(9)15/h1-4,10H,5-8H2,(H,16,17). The summed E-state index contributed by atoms with van der Waals surface area (Å²) in [6.45, 7) is 0.449. The van der Waals surface area contributed by atoms with Crippen LogP contribution in [-0.4, -0.2) is 22.6 Å². The molecule has 2 nitrogen and oxygen atoms in total. The summed E-state index contributed by atoms with van der Waals surface area (Å²) in [5.74, 6) is -0.279. The predicted molar refractivity (Wildman–Crippen MR) is 74.2 cm³/mol. The van der Waals surface area contributed by atoms with Crippen molar-refractivity contribution in [2.45, 2.75) is 17.7 Å². The van der Waals surface area contributed by atoms with Crippen molar-refractivity contribution in [1.82, 2.24) is 5.32 Å². The van der Waals surface area contributed by atoms with Gasteiger partial charge in [-0.15, -0.1) is 0 Å². The van der Waals surface area contributed by atoms with Crippen molar-refractivity contribution in [2.75, 3.05) is 11.9 Å². The molecule has 0 bridgehead atoms. The maximum Gasteiger partial charge on any atom is 0.233 e. The summed E-state index contributed by atoms with van der Waals surface area (Å²) in [6, 6.07) is 6.60. The van der Waals surface area contributed by atoms with Crippen molar-refractivity contribution < 1.29 is 9.18 Å². The first-order valence-electron chi connectivity index (χ1n) is 5.36. The van der Waals surface area contributed by atoms with E-state index in [0.717, 1.165) is 11.8 Å². The lowest BCUT2D eigenvalue weighted by molar-refractivity contribution is -0.120. The van der Waals surface area contributed by atoms with Crippen molar-refractivity contribution in [3.63, 3.8) is 0 Å². The van der Waals surface area contributed by atoms with Crippen LogP contribution >= 0.6 is 31.9 Å². The van der Waals surface area contributed by atoms with Gasteiger partial charge in [-0.1, -0.05) is 50.1 Å². The average molecular weight is 367 g/mol. The first-order chi connectivity index (χ1) is 8.15. The first kappa shape index (κ1) is 14.6. The molecule has 17 heavy (non-hydrogen) atoms. The number of benzene rings is 1. The fourth-order valence-electron chi connectivity index (χ4n) is 1.36. The Morgan fingerprint density at radius 2 is 2.12 bits per heavy atom. The third-order valence-corrected chi connectivity index (χ3v) is 3.63. The Balaban J connectivity index is 2.33. The molecule has 1 atom stereocenters. The summed E-state index contributed by atoms with van der Waals surface area (Å²) in [4.78, 5) is 11.3. The average Bonchev–Trinajstić information content (AvgIpc) is 2.31. The van der Waals surface area contributed by atoms with Crippen LogP contribution in [0.1, 0.15) is 12.0 Å². The minimum Gasteiger partial charge on any atom is -0.355 e. The Labute approximate surface area is 117 Å². The molecule has 0 fully saturated rings. The van der Waals surface area contributed by atoms with E-state index in [2.05, 4.69) is 37.2 Å². The quantitative estimate of drug-likeness (QED) is 0.770. The van der Waals surface area contributed by atoms with E-state index in [0.29, 0.717) is 18.5 Å². The van der Waals surface area contributed by atoms with Crippen molar-refractivity contribution in [3.05, 3.63) is 35.6 Å². The molecule has 0 aromatic heterocycles. The molecule has 1 aromatic carbocycles. The van der Waals surface area contributed by atoms with E-state index < -0.39 is 0 Å². The van der Waals surface area contributed by atoms with E-state index >= 15 is 0 Å². The summed E-state index contributed by atoms with van der Waals surface area (Å²) >= 11 is 6.56. The second-order valence-corrected chi connectivity index (χ2v) is 5.48. The Hall–Kier alpha value is -0.420. The monoisotopic (exact) mass is 365 g/mol. The van der Waals surface area contributed by atoms with Crippen LogP contribution < -0.4 is 5.32 Å². The Kier molecular flexibility index (Phi) is 6.73. The summed E-state index contributed by atoms with van der Waals surface area (Å²) in [6.07, 6.45) is 1.23. The van der Waals surface area contributed by atoms with Gasteiger partial charge in [0.1, 0.15) is 5.82 Å². The zero-order valence-electron chi connectivity index (χ0n) is 9.26. The van der Waals surface area contributed by atoms with Crippen LogP contribution in [0.5, 0.6) is 0 Å². The van der Waals surface area contributed by atoms with Crippen molar-refractivity contribution >= 4 is 37.8 Å². The molecule has 0 heterocycles. The van der Waals surface area contributed by atoms with Crippen LogP contribution in [-0.2, 0) is 11.2 Å². The maximum absolute atomic E-state index is 13.3. The van der Waals surface area contributed by atoms with E-state index in [1.165, 1.54) is 6.07 Å². The number of hydrogen-bond acceptors (Lipinski definition) is 1. The van der Waals surface area contributed by atoms with E-state index in [1.54, 1.807) is 18.2 Å². The summed E-state index contributed by atoms with van der Waals surface area (Å²) in [5, 5.41) is 3.54. The van der Waals surface area contributed by atoms with Crippen LogP contribution in [0.2, 0.25) is 0 Å². The van der Waals surface area contributed by atoms with E-state index in [1.807, 2.05) is 0 Å². The Morgan fingerprint density at radius 1 is 1.41 bits per heavy atom. The van der Waals surface area contributed by atoms with Gasteiger partial charge in [-0.05, 0) is 24.5 Å². The number of hydrogen-bond donors (Lipinski definition) is 1. The third-order valence-electron chi connectivity index (χ3n) is 2.30. The fraction of sp³-hybridized carbons (Fsp3) is 0.417. The van der Waals surface area contributed by atoms with Gasteiger partial charge >= 0.3 is 0 Å². The minimum atomic E-state index is -0.224. The maximum atomic E-state index is 13.3. The second kappa shape index (κ2) is 7.82. The predicted octanol–water partition coefficient (Wildman–Crippen LogP) is 3.03. The molecule has 1 amide bonds. The van der Waals surface area contributed by atoms with Gasteiger partial charge in [0.05, 0.1) is 4.83 Å². The van der Waals surface area contributed by atoms with Gasteiger partial charge in [0.15, 0.2) is 0 Å². The largest absolute Gasteiger partial charge is 0.355 e. The van der Waals surface area contributed by atoms with E-state index in [9.17, 15) is 9.18 Å². The SMILES string of the molecule is O=C(NCCc1ccccc1F)C(Br)CCBr. The van der Waals surface area contributed by atoms with Gasteiger partial charge in [-0.2, -0.15) is 0 Å². The van der Waals surface area contributed by atoms with Gasteiger partial charge in [0, 0.05) is 11.9 Å². The van der Waals surface area contributed by atoms with Crippen molar-refractivity contribution in [3.8, 4) is 0 Å². The Morgan fingerprint density at radius 3 is 2.76 bits per heavy atom. The highest BCUT2D eigenvalue weighted by atomic mass is 79.9. The van der Waals surface area contributed by atoms with E-state index in [4.69, 9.17) is 0 Å². The normalized spacial score (nSPS) is 12.2. The van der Waals surface area contributed by atoms with Gasteiger partial charge in [0.25, 0.3) is 0 Å². The molecule has 1 aromatic rings. The number of carbonyl (C=O) groups excluding carboxylic acids is 1. The van der Waals surface area contributed by atoms with Crippen molar-refractivity contribution in [2.24, 2.45) is 0 Å². The van der Waals surface area contributed by atoms with Gasteiger partial charge in [0.2, 0.25) is 5.91 Å². The number of carbonyl (C=O) groups is 1. The molecule has 5 heteroatoms. The highest BCUT2D eigenvalue weighted by molar-refractivity contribution is 9.10. The lowest BCUT2D eigenvalue weighted by Gasteiger charge is -2.09. The lowest BCUT2D eigenvalue weighted by Crippen LogP contribution is -2.32. The highest BCUT2D eigenvalue weighted by Crippen LogP contribution is 2.08. The number of amides is 1. The number of alkyl halides is 2. The highest BCUT2D eigenvalue weighted by Gasteiger charge is 2.13. The Bertz CT molecular complexity index is 373. The molecule has 0 aliphatic rings. The summed E-state index contributed by atoms with van der Waals surface area (Å²) in [7, 11) is 0. The van der Waals surface area contributed by atoms with Crippen LogP contribution in [0, 0.1) is 5.82 Å². The van der Waals surface area contributed by atoms with Crippen LogP contribution in [0.15, 0.2) is 24.3 Å². The number of rotatable bonds is 6. The molecule has 0 saturated heterocycles. The summed E-state index contributed by atoms with van der Waals surface area (Å²) < 4.78 is 13.3. The smallest absolute Gasteiger partial charge is 0.233 e. The van der Waals surface area contributed by atoms with E-state index in [-0.39, 0.29) is 16.6 Å². The molecular formula is C12H14Br2FNO. The fourth-order valence-corrected chi connectivity index (χ4v) is 2.82.